The van der Waals surface area contributed by atoms with Gasteiger partial charge >= 0.3 is 11.9 Å². The molecular formula is C22H28N2O8S. The predicted octanol–water partition coefficient (Wildman–Crippen LogP) is 2.32. The first-order valence-corrected chi connectivity index (χ1v) is 11.3. The number of rotatable bonds is 10. The van der Waals surface area contributed by atoms with E-state index >= 15 is 0 Å². The molecule has 2 N–H and O–H groups in total. The zero-order valence-electron chi connectivity index (χ0n) is 18.9. The van der Waals surface area contributed by atoms with Crippen LogP contribution in [0.15, 0.2) is 46.1 Å². The number of thioether (sulfide) groups is 1. The van der Waals surface area contributed by atoms with E-state index in [9.17, 15) is 29.9 Å². The number of hydrogen-bond acceptors (Lipinski definition) is 10. The van der Waals surface area contributed by atoms with Crippen molar-refractivity contribution in [2.45, 2.75) is 32.8 Å². The number of allylic oxidation sites excluding steroid dienone is 1. The molecule has 0 aromatic heterocycles. The third-order valence-corrected chi connectivity index (χ3v) is 6.35. The quantitative estimate of drug-likeness (QED) is 0.291. The lowest BCUT2D eigenvalue weighted by atomic mass is 9.81. The van der Waals surface area contributed by atoms with Crippen LogP contribution in [0.5, 0.6) is 0 Å². The molecule has 10 nitrogen and oxygen atoms in total. The van der Waals surface area contributed by atoms with E-state index in [2.05, 4.69) is 0 Å². The van der Waals surface area contributed by atoms with Crippen molar-refractivity contribution in [3.05, 3.63) is 61.8 Å². The smallest absolute Gasteiger partial charge is 0.337 e. The Hall–Kier alpha value is -2.89. The highest BCUT2D eigenvalue weighted by molar-refractivity contribution is 8.03. The lowest BCUT2D eigenvalue weighted by molar-refractivity contribution is -0.384. The molecule has 2 rings (SSSR count). The summed E-state index contributed by atoms with van der Waals surface area (Å²) >= 11 is 1.11. The maximum Gasteiger partial charge on any atom is 0.337 e. The second-order valence-corrected chi connectivity index (χ2v) is 8.16. The summed E-state index contributed by atoms with van der Waals surface area (Å²) in [7, 11) is 1.66. The molecule has 0 fully saturated rings. The maximum atomic E-state index is 13.2. The number of non-ortho nitro benzene ring substituents is 1. The minimum Gasteiger partial charge on any atom is -0.463 e. The largest absolute Gasteiger partial charge is 0.463 e. The number of aliphatic hydroxyl groups is 2. The maximum absolute atomic E-state index is 13.2. The summed E-state index contributed by atoms with van der Waals surface area (Å²) in [5, 5.41) is 30.9. The fourth-order valence-corrected chi connectivity index (χ4v) is 4.58. The lowest BCUT2D eigenvalue weighted by Crippen LogP contribution is -2.34. The minimum absolute atomic E-state index is 0.0718. The fraction of sp³-hybridized carbons (Fsp3) is 0.455. The van der Waals surface area contributed by atoms with Crippen LogP contribution in [0.4, 0.5) is 5.69 Å². The molecule has 2 unspecified atom stereocenters. The van der Waals surface area contributed by atoms with Crippen LogP contribution in [0, 0.1) is 10.1 Å². The molecule has 0 saturated carbocycles. The number of carbonyl (C=O) groups is 2. The van der Waals surface area contributed by atoms with Gasteiger partial charge in [0.15, 0.2) is 0 Å². The second kappa shape index (κ2) is 11.8. The molecule has 1 aliphatic heterocycles. The average molecular weight is 481 g/mol. The first kappa shape index (κ1) is 26.4. The SMILES string of the molecule is CCOC(=O)C1=C(C)N(C)C(SCC(O)CO)=C(C(=O)OCC)C1c1cccc([N+](=O)[O-])c1. The summed E-state index contributed by atoms with van der Waals surface area (Å²) in [6.45, 7) is 4.69. The standard InChI is InChI=1S/C22H28N2O8S/c1-5-31-21(27)17-13(3)23(4)20(33-12-16(26)11-25)19(22(28)32-6-2)18(17)14-8-7-9-15(10-14)24(29)30/h7-10,16,18,25-26H,5-6,11-12H2,1-4H3. The molecule has 1 aromatic carbocycles. The number of aliphatic hydroxyl groups excluding tert-OH is 2. The lowest BCUT2D eigenvalue weighted by Gasteiger charge is -2.36. The average Bonchev–Trinajstić information content (AvgIpc) is 2.79. The van der Waals surface area contributed by atoms with Gasteiger partial charge in [-0.1, -0.05) is 12.1 Å². The molecule has 0 bridgehead atoms. The number of esters is 2. The van der Waals surface area contributed by atoms with Gasteiger partial charge in [-0.25, -0.2) is 9.59 Å². The zero-order valence-corrected chi connectivity index (χ0v) is 19.8. The molecule has 180 valence electrons. The van der Waals surface area contributed by atoms with Crippen molar-refractivity contribution in [1.82, 2.24) is 4.90 Å². The zero-order chi connectivity index (χ0) is 24.7. The van der Waals surface area contributed by atoms with Crippen LogP contribution < -0.4 is 0 Å². The van der Waals surface area contributed by atoms with Crippen LogP contribution >= 0.6 is 11.8 Å². The van der Waals surface area contributed by atoms with Gasteiger partial charge in [0.25, 0.3) is 5.69 Å². The number of carbonyl (C=O) groups excluding carboxylic acids is 2. The van der Waals surface area contributed by atoms with E-state index < -0.39 is 35.5 Å². The first-order valence-electron chi connectivity index (χ1n) is 10.4. The second-order valence-electron chi connectivity index (χ2n) is 7.15. The van der Waals surface area contributed by atoms with Gasteiger partial charge in [0.1, 0.15) is 0 Å². The Bertz CT molecular complexity index is 975. The van der Waals surface area contributed by atoms with E-state index in [-0.39, 0.29) is 35.8 Å². The van der Waals surface area contributed by atoms with E-state index in [0.717, 1.165) is 11.8 Å². The van der Waals surface area contributed by atoms with Gasteiger partial charge in [-0.3, -0.25) is 10.1 Å². The molecule has 0 spiro atoms. The van der Waals surface area contributed by atoms with Crippen molar-refractivity contribution in [2.75, 3.05) is 32.6 Å². The molecule has 1 aliphatic rings. The summed E-state index contributed by atoms with van der Waals surface area (Å²) in [5.41, 5.74) is 0.904. The molecule has 0 saturated heterocycles. The molecule has 33 heavy (non-hydrogen) atoms. The van der Waals surface area contributed by atoms with Crippen LogP contribution in [0.3, 0.4) is 0 Å². The molecule has 1 heterocycles. The van der Waals surface area contributed by atoms with Crippen LogP contribution in [-0.2, 0) is 19.1 Å². The first-order chi connectivity index (χ1) is 15.7. The highest BCUT2D eigenvalue weighted by Crippen LogP contribution is 2.46. The summed E-state index contributed by atoms with van der Waals surface area (Å²) in [6, 6.07) is 5.71. The highest BCUT2D eigenvalue weighted by Gasteiger charge is 2.41. The predicted molar refractivity (Wildman–Crippen MR) is 122 cm³/mol. The van der Waals surface area contributed by atoms with Gasteiger partial charge in [-0.15, -0.1) is 11.8 Å². The number of benzene rings is 1. The Balaban J connectivity index is 2.80. The topological polar surface area (TPSA) is 139 Å². The molecule has 0 radical (unpaired) electrons. The number of nitro benzene ring substituents is 1. The summed E-state index contributed by atoms with van der Waals surface area (Å²) < 4.78 is 10.5. The number of hydrogen-bond donors (Lipinski definition) is 2. The van der Waals surface area contributed by atoms with E-state index in [1.165, 1.54) is 18.2 Å². The summed E-state index contributed by atoms with van der Waals surface area (Å²) in [5.74, 6) is -2.27. The van der Waals surface area contributed by atoms with Gasteiger partial charge in [-0.2, -0.15) is 0 Å². The van der Waals surface area contributed by atoms with E-state index in [1.807, 2.05) is 0 Å². The van der Waals surface area contributed by atoms with Gasteiger partial charge in [0, 0.05) is 30.6 Å². The third-order valence-electron chi connectivity index (χ3n) is 5.03. The minimum atomic E-state index is -1.04. The van der Waals surface area contributed by atoms with E-state index in [4.69, 9.17) is 9.47 Å². The summed E-state index contributed by atoms with van der Waals surface area (Å²) in [4.78, 5) is 38.6. The number of nitro groups is 1. The van der Waals surface area contributed by atoms with Crippen molar-refractivity contribution in [1.29, 1.82) is 0 Å². The van der Waals surface area contributed by atoms with Crippen molar-refractivity contribution in [3.8, 4) is 0 Å². The molecular weight excluding hydrogens is 452 g/mol. The van der Waals surface area contributed by atoms with Crippen molar-refractivity contribution < 1.29 is 34.2 Å². The Morgan fingerprint density at radius 2 is 1.82 bits per heavy atom. The Kier molecular flexibility index (Phi) is 9.44. The molecule has 1 aromatic rings. The monoisotopic (exact) mass is 480 g/mol. The molecule has 0 aliphatic carbocycles. The third kappa shape index (κ3) is 5.92. The van der Waals surface area contributed by atoms with Gasteiger partial charge < -0.3 is 24.6 Å². The number of nitrogens with zero attached hydrogens (tertiary/aromatic N) is 2. The van der Waals surface area contributed by atoms with E-state index in [1.54, 1.807) is 38.8 Å². The van der Waals surface area contributed by atoms with E-state index in [0.29, 0.717) is 16.3 Å². The Labute approximate surface area is 196 Å². The normalized spacial score (nSPS) is 17.2. The highest BCUT2D eigenvalue weighted by atomic mass is 32.2. The van der Waals surface area contributed by atoms with Crippen molar-refractivity contribution in [3.63, 3.8) is 0 Å². The van der Waals surface area contributed by atoms with Crippen LogP contribution in [-0.4, -0.2) is 70.7 Å². The fourth-order valence-electron chi connectivity index (χ4n) is 3.43. The number of ether oxygens (including phenoxy) is 2. The molecule has 11 heteroatoms. The van der Waals surface area contributed by atoms with Gasteiger partial charge in [0.2, 0.25) is 0 Å². The Morgan fingerprint density at radius 1 is 1.21 bits per heavy atom. The summed E-state index contributed by atoms with van der Waals surface area (Å²) in [6.07, 6.45) is -1.04. The van der Waals surface area contributed by atoms with Crippen LogP contribution in [0.25, 0.3) is 0 Å². The van der Waals surface area contributed by atoms with Gasteiger partial charge in [0.05, 0.1) is 52.9 Å². The van der Waals surface area contributed by atoms with Crippen molar-refractivity contribution >= 4 is 29.4 Å². The van der Waals surface area contributed by atoms with Crippen molar-refractivity contribution in [2.24, 2.45) is 0 Å². The van der Waals surface area contributed by atoms with Crippen LogP contribution in [0.2, 0.25) is 0 Å². The van der Waals surface area contributed by atoms with Gasteiger partial charge in [-0.05, 0) is 26.3 Å². The van der Waals surface area contributed by atoms with Crippen LogP contribution in [0.1, 0.15) is 32.3 Å². The Morgan fingerprint density at radius 3 is 2.36 bits per heavy atom. The molecule has 2 atom stereocenters. The molecule has 0 amide bonds.